The zero-order valence-corrected chi connectivity index (χ0v) is 18.3. The van der Waals surface area contributed by atoms with E-state index in [0.29, 0.717) is 49.2 Å². The first-order valence-corrected chi connectivity index (χ1v) is 11.8. The summed E-state index contributed by atoms with van der Waals surface area (Å²) in [6, 6.07) is 11.3. The van der Waals surface area contributed by atoms with Crippen LogP contribution in [-0.4, -0.2) is 59.2 Å². The molecule has 2 aromatic rings. The smallest absolute Gasteiger partial charge is 0.265 e. The molecule has 0 aliphatic carbocycles. The van der Waals surface area contributed by atoms with E-state index >= 15 is 0 Å². The number of para-hydroxylation sites is 2. The van der Waals surface area contributed by atoms with Crippen molar-refractivity contribution in [2.24, 2.45) is 0 Å². The highest BCUT2D eigenvalue weighted by Crippen LogP contribution is 2.36. The van der Waals surface area contributed by atoms with E-state index in [9.17, 15) is 13.2 Å². The van der Waals surface area contributed by atoms with E-state index in [1.54, 1.807) is 35.2 Å². The first-order chi connectivity index (χ1) is 15.0. The Hall–Kier alpha value is -2.94. The van der Waals surface area contributed by atoms with Gasteiger partial charge in [0.1, 0.15) is 25.5 Å². The Bertz CT molecular complexity index is 1050. The van der Waals surface area contributed by atoms with Gasteiger partial charge in [0.25, 0.3) is 10.0 Å². The minimum absolute atomic E-state index is 0.0223. The number of anilines is 1. The van der Waals surface area contributed by atoms with Gasteiger partial charge in [-0.05, 0) is 43.5 Å². The van der Waals surface area contributed by atoms with Gasteiger partial charge in [-0.25, -0.2) is 8.42 Å². The molecule has 4 rings (SSSR count). The SMILES string of the molecule is COc1ccccc1N(CC(=O)N1CCCCC1)S(=O)(=O)c1ccc2c(c1)OCCO2. The van der Waals surface area contributed by atoms with Gasteiger partial charge < -0.3 is 19.1 Å². The monoisotopic (exact) mass is 446 g/mol. The minimum Gasteiger partial charge on any atom is -0.495 e. The molecule has 9 heteroatoms. The van der Waals surface area contributed by atoms with E-state index in [4.69, 9.17) is 14.2 Å². The number of nitrogens with zero attached hydrogens (tertiary/aromatic N) is 2. The van der Waals surface area contributed by atoms with Crippen LogP contribution < -0.4 is 18.5 Å². The van der Waals surface area contributed by atoms with E-state index < -0.39 is 10.0 Å². The van der Waals surface area contributed by atoms with E-state index in [-0.39, 0.29) is 17.3 Å². The number of hydrogen-bond donors (Lipinski definition) is 0. The van der Waals surface area contributed by atoms with Crippen LogP contribution in [0.4, 0.5) is 5.69 Å². The molecule has 0 unspecified atom stereocenters. The van der Waals surface area contributed by atoms with Crippen LogP contribution in [-0.2, 0) is 14.8 Å². The Balaban J connectivity index is 1.73. The van der Waals surface area contributed by atoms with Crippen molar-refractivity contribution in [3.05, 3.63) is 42.5 Å². The maximum absolute atomic E-state index is 13.7. The molecule has 0 atom stereocenters. The number of piperidine rings is 1. The summed E-state index contributed by atoms with van der Waals surface area (Å²) in [5, 5.41) is 0. The first kappa shape index (κ1) is 21.3. The maximum atomic E-state index is 13.7. The Kier molecular flexibility index (Phi) is 6.22. The van der Waals surface area contributed by atoms with Gasteiger partial charge in [-0.1, -0.05) is 12.1 Å². The molecule has 0 spiro atoms. The van der Waals surface area contributed by atoms with Crippen molar-refractivity contribution >= 4 is 21.6 Å². The molecule has 1 saturated heterocycles. The summed E-state index contributed by atoms with van der Waals surface area (Å²) in [5.41, 5.74) is 0.310. The van der Waals surface area contributed by atoms with Crippen LogP contribution in [0.1, 0.15) is 19.3 Å². The van der Waals surface area contributed by atoms with Crippen LogP contribution in [0.3, 0.4) is 0 Å². The first-order valence-electron chi connectivity index (χ1n) is 10.3. The van der Waals surface area contributed by atoms with E-state index in [1.165, 1.54) is 19.2 Å². The van der Waals surface area contributed by atoms with Crippen molar-refractivity contribution in [2.75, 3.05) is 44.3 Å². The average Bonchev–Trinajstić information content (AvgIpc) is 2.82. The molecule has 166 valence electrons. The second-order valence-electron chi connectivity index (χ2n) is 7.43. The third kappa shape index (κ3) is 4.41. The molecule has 0 bridgehead atoms. The highest BCUT2D eigenvalue weighted by atomic mass is 32.2. The topological polar surface area (TPSA) is 85.4 Å². The zero-order chi connectivity index (χ0) is 21.8. The summed E-state index contributed by atoms with van der Waals surface area (Å²) in [7, 11) is -2.61. The molecule has 2 aliphatic heterocycles. The lowest BCUT2D eigenvalue weighted by atomic mass is 10.1. The number of hydrogen-bond acceptors (Lipinski definition) is 6. The van der Waals surface area contributed by atoms with E-state index in [1.807, 2.05) is 0 Å². The molecule has 2 aromatic carbocycles. The molecule has 0 saturated carbocycles. The third-order valence-electron chi connectivity index (χ3n) is 5.44. The number of carbonyl (C=O) groups is 1. The maximum Gasteiger partial charge on any atom is 0.265 e. The summed E-state index contributed by atoms with van der Waals surface area (Å²) in [4.78, 5) is 14.8. The number of likely N-dealkylation sites (tertiary alicyclic amines) is 1. The Morgan fingerprint density at radius 3 is 2.48 bits per heavy atom. The number of ether oxygens (including phenoxy) is 3. The van der Waals surface area contributed by atoms with Gasteiger partial charge in [0.05, 0.1) is 17.7 Å². The lowest BCUT2D eigenvalue weighted by Crippen LogP contribution is -2.45. The number of rotatable bonds is 6. The zero-order valence-electron chi connectivity index (χ0n) is 17.5. The second-order valence-corrected chi connectivity index (χ2v) is 9.29. The highest BCUT2D eigenvalue weighted by Gasteiger charge is 2.32. The van der Waals surface area contributed by atoms with Crippen LogP contribution in [0.5, 0.6) is 17.2 Å². The third-order valence-corrected chi connectivity index (χ3v) is 7.20. The number of fused-ring (bicyclic) bond motifs is 1. The van der Waals surface area contributed by atoms with Gasteiger partial charge in [-0.15, -0.1) is 0 Å². The Morgan fingerprint density at radius 1 is 1.03 bits per heavy atom. The number of methoxy groups -OCH3 is 1. The average molecular weight is 447 g/mol. The summed E-state index contributed by atoms with van der Waals surface area (Å²) in [5.74, 6) is 1.01. The Morgan fingerprint density at radius 2 is 1.74 bits per heavy atom. The number of sulfonamides is 1. The Labute approximate surface area is 182 Å². The fraction of sp³-hybridized carbons (Fsp3) is 0.409. The molecule has 2 aliphatic rings. The number of carbonyl (C=O) groups excluding carboxylic acids is 1. The molecule has 0 aromatic heterocycles. The van der Waals surface area contributed by atoms with Crippen molar-refractivity contribution in [1.82, 2.24) is 4.90 Å². The van der Waals surface area contributed by atoms with Crippen molar-refractivity contribution in [2.45, 2.75) is 24.2 Å². The molecular formula is C22H26N2O6S. The lowest BCUT2D eigenvalue weighted by molar-refractivity contribution is -0.130. The normalized spacial score (nSPS) is 16.0. The van der Waals surface area contributed by atoms with Crippen molar-refractivity contribution < 1.29 is 27.4 Å². The summed E-state index contributed by atoms with van der Waals surface area (Å²) >= 11 is 0. The fourth-order valence-electron chi connectivity index (χ4n) is 3.81. The van der Waals surface area contributed by atoms with Crippen molar-refractivity contribution in [3.63, 3.8) is 0 Å². The largest absolute Gasteiger partial charge is 0.495 e. The standard InChI is InChI=1S/C22H26N2O6S/c1-28-19-8-4-3-7-18(19)24(16-22(25)23-11-5-2-6-12-23)31(26,27)17-9-10-20-21(15-17)30-14-13-29-20/h3-4,7-10,15H,2,5-6,11-14,16H2,1H3. The minimum atomic E-state index is -4.08. The van der Waals surface area contributed by atoms with E-state index in [2.05, 4.69) is 0 Å². The lowest BCUT2D eigenvalue weighted by Gasteiger charge is -2.31. The van der Waals surface area contributed by atoms with Gasteiger partial charge >= 0.3 is 0 Å². The molecular weight excluding hydrogens is 420 g/mol. The van der Waals surface area contributed by atoms with Crippen molar-refractivity contribution in [1.29, 1.82) is 0 Å². The molecule has 1 amide bonds. The molecule has 2 heterocycles. The van der Waals surface area contributed by atoms with Crippen LogP contribution >= 0.6 is 0 Å². The predicted molar refractivity (Wildman–Crippen MR) is 115 cm³/mol. The van der Waals surface area contributed by atoms with Crippen LogP contribution in [0.25, 0.3) is 0 Å². The van der Waals surface area contributed by atoms with Gasteiger partial charge in [0.2, 0.25) is 5.91 Å². The fourth-order valence-corrected chi connectivity index (χ4v) is 5.25. The quantitative estimate of drug-likeness (QED) is 0.678. The van der Waals surface area contributed by atoms with Gasteiger partial charge in [0, 0.05) is 19.2 Å². The van der Waals surface area contributed by atoms with Crippen molar-refractivity contribution in [3.8, 4) is 17.2 Å². The second kappa shape index (κ2) is 9.05. The van der Waals surface area contributed by atoms with Gasteiger partial charge in [0.15, 0.2) is 11.5 Å². The van der Waals surface area contributed by atoms with Crippen LogP contribution in [0.15, 0.2) is 47.4 Å². The van der Waals surface area contributed by atoms with Crippen LogP contribution in [0, 0.1) is 0 Å². The molecule has 0 N–H and O–H groups in total. The molecule has 8 nitrogen and oxygen atoms in total. The molecule has 31 heavy (non-hydrogen) atoms. The van der Waals surface area contributed by atoms with E-state index in [0.717, 1.165) is 23.6 Å². The number of amides is 1. The number of benzene rings is 2. The summed E-state index contributed by atoms with van der Waals surface area (Å²) < 4.78 is 45.0. The van der Waals surface area contributed by atoms with Gasteiger partial charge in [-0.3, -0.25) is 9.10 Å². The predicted octanol–water partition coefficient (Wildman–Crippen LogP) is 2.67. The summed E-state index contributed by atoms with van der Waals surface area (Å²) in [6.45, 7) is 1.74. The van der Waals surface area contributed by atoms with Gasteiger partial charge in [-0.2, -0.15) is 0 Å². The molecule has 0 radical (unpaired) electrons. The molecule has 1 fully saturated rings. The summed E-state index contributed by atoms with van der Waals surface area (Å²) in [6.07, 6.45) is 2.93. The van der Waals surface area contributed by atoms with Crippen LogP contribution in [0.2, 0.25) is 0 Å². The highest BCUT2D eigenvalue weighted by molar-refractivity contribution is 7.92.